The zero-order valence-corrected chi connectivity index (χ0v) is 16.0. The van der Waals surface area contributed by atoms with Crippen molar-refractivity contribution in [3.8, 4) is 11.5 Å². The lowest BCUT2D eigenvalue weighted by atomic mass is 10.2. The number of anilines is 1. The van der Waals surface area contributed by atoms with Crippen molar-refractivity contribution in [3.05, 3.63) is 56.4 Å². The molecule has 1 heterocycles. The van der Waals surface area contributed by atoms with Crippen molar-refractivity contribution in [2.24, 2.45) is 0 Å². The molecule has 0 radical (unpaired) electrons. The van der Waals surface area contributed by atoms with Crippen LogP contribution in [0.1, 0.15) is 5.56 Å². The minimum atomic E-state index is -0.434. The molecule has 0 aliphatic carbocycles. The van der Waals surface area contributed by atoms with E-state index in [1.165, 1.54) is 13.2 Å². The second-order valence-electron chi connectivity index (χ2n) is 5.04. The molecule has 2 aromatic rings. The standard InChI is InChI=1S/C17H11BrClNO4S/c1-24-14-5-9(12(18)8-13(14)21)6-15-16(22)20(17(23)25-15)11-4-2-3-10(19)7-11/h2-8,21H,1H3. The van der Waals surface area contributed by atoms with E-state index in [9.17, 15) is 14.7 Å². The van der Waals surface area contributed by atoms with Crippen molar-refractivity contribution in [3.63, 3.8) is 0 Å². The molecule has 1 aliphatic heterocycles. The maximum absolute atomic E-state index is 12.6. The molecular formula is C17H11BrClNO4S. The van der Waals surface area contributed by atoms with Gasteiger partial charge < -0.3 is 9.84 Å². The first-order valence-corrected chi connectivity index (χ1v) is 8.99. The van der Waals surface area contributed by atoms with Crippen molar-refractivity contribution in [2.75, 3.05) is 12.0 Å². The molecule has 5 nitrogen and oxygen atoms in total. The first kappa shape index (κ1) is 17.8. The van der Waals surface area contributed by atoms with Crippen molar-refractivity contribution >= 4 is 62.2 Å². The number of carbonyl (C=O) groups is 2. The Morgan fingerprint density at radius 3 is 2.72 bits per heavy atom. The first-order valence-electron chi connectivity index (χ1n) is 7.00. The molecule has 8 heteroatoms. The zero-order chi connectivity index (χ0) is 18.1. The molecule has 0 saturated carbocycles. The monoisotopic (exact) mass is 439 g/mol. The predicted octanol–water partition coefficient (Wildman–Crippen LogP) is 5.06. The maximum Gasteiger partial charge on any atom is 0.298 e. The number of imide groups is 1. The van der Waals surface area contributed by atoms with E-state index in [-0.39, 0.29) is 16.4 Å². The van der Waals surface area contributed by atoms with Crippen LogP contribution in [0.15, 0.2) is 45.8 Å². The summed E-state index contributed by atoms with van der Waals surface area (Å²) < 4.78 is 5.64. The summed E-state index contributed by atoms with van der Waals surface area (Å²) >= 11 is 10.1. The van der Waals surface area contributed by atoms with E-state index >= 15 is 0 Å². The Hall–Kier alpha value is -1.96. The summed E-state index contributed by atoms with van der Waals surface area (Å²) in [5.41, 5.74) is 1.02. The molecule has 128 valence electrons. The number of carbonyl (C=O) groups excluding carboxylic acids is 2. The Bertz CT molecular complexity index is 916. The van der Waals surface area contributed by atoms with Crippen LogP contribution in [-0.4, -0.2) is 23.4 Å². The van der Waals surface area contributed by atoms with Crippen molar-refractivity contribution < 1.29 is 19.4 Å². The van der Waals surface area contributed by atoms with Gasteiger partial charge in [-0.3, -0.25) is 9.59 Å². The molecule has 2 aromatic carbocycles. The fourth-order valence-electron chi connectivity index (χ4n) is 2.28. The topological polar surface area (TPSA) is 66.8 Å². The summed E-state index contributed by atoms with van der Waals surface area (Å²) in [5, 5.41) is 9.80. The van der Waals surface area contributed by atoms with E-state index in [0.717, 1.165) is 16.7 Å². The molecule has 1 aliphatic rings. The van der Waals surface area contributed by atoms with Gasteiger partial charge in [-0.2, -0.15) is 0 Å². The van der Waals surface area contributed by atoms with E-state index in [0.29, 0.717) is 20.7 Å². The van der Waals surface area contributed by atoms with Crippen LogP contribution in [0.2, 0.25) is 5.02 Å². The number of hydrogen-bond donors (Lipinski definition) is 1. The van der Waals surface area contributed by atoms with E-state index in [1.54, 1.807) is 36.4 Å². The second-order valence-corrected chi connectivity index (χ2v) is 7.33. The highest BCUT2D eigenvalue weighted by molar-refractivity contribution is 9.10. The van der Waals surface area contributed by atoms with Gasteiger partial charge in [0.15, 0.2) is 11.5 Å². The lowest BCUT2D eigenvalue weighted by molar-refractivity contribution is -0.113. The fourth-order valence-corrected chi connectivity index (χ4v) is 3.74. The van der Waals surface area contributed by atoms with Gasteiger partial charge in [-0.1, -0.05) is 33.6 Å². The van der Waals surface area contributed by atoms with Gasteiger partial charge in [0, 0.05) is 9.50 Å². The number of amides is 2. The number of benzene rings is 2. The van der Waals surface area contributed by atoms with Crippen LogP contribution in [0.5, 0.6) is 11.5 Å². The number of aromatic hydroxyl groups is 1. The van der Waals surface area contributed by atoms with E-state index in [4.69, 9.17) is 16.3 Å². The van der Waals surface area contributed by atoms with Crippen LogP contribution in [-0.2, 0) is 4.79 Å². The number of thioether (sulfide) groups is 1. The molecule has 0 unspecified atom stereocenters. The van der Waals surface area contributed by atoms with Crippen LogP contribution in [0.3, 0.4) is 0 Å². The minimum Gasteiger partial charge on any atom is -0.504 e. The average Bonchev–Trinajstić information content (AvgIpc) is 2.84. The van der Waals surface area contributed by atoms with Gasteiger partial charge in [0.25, 0.3) is 11.1 Å². The molecule has 1 saturated heterocycles. The summed E-state index contributed by atoms with van der Waals surface area (Å²) in [4.78, 5) is 26.2. The quantitative estimate of drug-likeness (QED) is 0.676. The second kappa shape index (κ2) is 7.11. The Balaban J connectivity index is 1.99. The van der Waals surface area contributed by atoms with Gasteiger partial charge >= 0.3 is 0 Å². The van der Waals surface area contributed by atoms with E-state index in [1.807, 2.05) is 0 Å². The largest absolute Gasteiger partial charge is 0.504 e. The van der Waals surface area contributed by atoms with Gasteiger partial charge in [-0.15, -0.1) is 0 Å². The molecule has 0 aromatic heterocycles. The molecule has 0 bridgehead atoms. The van der Waals surface area contributed by atoms with Gasteiger partial charge in [-0.05, 0) is 53.7 Å². The number of phenols is 1. The number of methoxy groups -OCH3 is 1. The zero-order valence-electron chi connectivity index (χ0n) is 12.8. The molecular weight excluding hydrogens is 430 g/mol. The third kappa shape index (κ3) is 3.53. The lowest BCUT2D eigenvalue weighted by Crippen LogP contribution is -2.27. The summed E-state index contributed by atoms with van der Waals surface area (Å²) in [6.07, 6.45) is 1.57. The molecule has 0 atom stereocenters. The number of phenolic OH excluding ortho intramolecular Hbond substituents is 1. The van der Waals surface area contributed by atoms with Crippen molar-refractivity contribution in [1.29, 1.82) is 0 Å². The Morgan fingerprint density at radius 2 is 2.04 bits per heavy atom. The number of rotatable bonds is 3. The Labute approximate surface area is 161 Å². The molecule has 0 spiro atoms. The van der Waals surface area contributed by atoms with Crippen molar-refractivity contribution in [2.45, 2.75) is 0 Å². The van der Waals surface area contributed by atoms with Gasteiger partial charge in [-0.25, -0.2) is 4.90 Å². The highest BCUT2D eigenvalue weighted by Gasteiger charge is 2.36. The van der Waals surface area contributed by atoms with Crippen LogP contribution in [0.4, 0.5) is 10.5 Å². The molecule has 25 heavy (non-hydrogen) atoms. The normalized spacial score (nSPS) is 16.0. The van der Waals surface area contributed by atoms with Crippen LogP contribution < -0.4 is 9.64 Å². The summed E-state index contributed by atoms with van der Waals surface area (Å²) in [5.74, 6) is -0.196. The smallest absolute Gasteiger partial charge is 0.298 e. The SMILES string of the molecule is COc1cc(C=C2SC(=O)N(c3cccc(Cl)c3)C2=O)c(Br)cc1O. The number of nitrogens with zero attached hydrogens (tertiary/aromatic N) is 1. The van der Waals surface area contributed by atoms with E-state index < -0.39 is 11.1 Å². The van der Waals surface area contributed by atoms with Gasteiger partial charge in [0.1, 0.15) is 0 Å². The number of hydrogen-bond acceptors (Lipinski definition) is 5. The van der Waals surface area contributed by atoms with Crippen LogP contribution in [0.25, 0.3) is 6.08 Å². The third-order valence-corrected chi connectivity index (χ3v) is 5.24. The Morgan fingerprint density at radius 1 is 1.28 bits per heavy atom. The Kier molecular flexibility index (Phi) is 5.08. The maximum atomic E-state index is 12.6. The summed E-state index contributed by atoms with van der Waals surface area (Å²) in [6.45, 7) is 0. The predicted molar refractivity (Wildman–Crippen MR) is 102 cm³/mol. The molecule has 2 amide bonds. The molecule has 1 N–H and O–H groups in total. The number of ether oxygens (including phenoxy) is 1. The van der Waals surface area contributed by atoms with Crippen LogP contribution >= 0.6 is 39.3 Å². The molecule has 3 rings (SSSR count). The third-order valence-electron chi connectivity index (χ3n) is 3.44. The van der Waals surface area contributed by atoms with Gasteiger partial charge in [0.05, 0.1) is 17.7 Å². The summed E-state index contributed by atoms with van der Waals surface area (Å²) in [7, 11) is 1.43. The van der Waals surface area contributed by atoms with Gasteiger partial charge in [0.2, 0.25) is 0 Å². The summed E-state index contributed by atoms with van der Waals surface area (Å²) in [6, 6.07) is 9.58. The first-order chi connectivity index (χ1) is 11.9. The minimum absolute atomic E-state index is 0.0291. The lowest BCUT2D eigenvalue weighted by Gasteiger charge is -2.12. The van der Waals surface area contributed by atoms with E-state index in [2.05, 4.69) is 15.9 Å². The highest BCUT2D eigenvalue weighted by Crippen LogP contribution is 2.39. The molecule has 1 fully saturated rings. The number of halogens is 2. The van der Waals surface area contributed by atoms with Crippen molar-refractivity contribution in [1.82, 2.24) is 0 Å². The highest BCUT2D eigenvalue weighted by atomic mass is 79.9. The fraction of sp³-hybridized carbons (Fsp3) is 0.0588. The average molecular weight is 441 g/mol. The van der Waals surface area contributed by atoms with Crippen LogP contribution in [0, 0.1) is 0 Å².